The summed E-state index contributed by atoms with van der Waals surface area (Å²) < 4.78 is 2.05. The van der Waals surface area contributed by atoms with Gasteiger partial charge in [0.2, 0.25) is 0 Å². The van der Waals surface area contributed by atoms with Gasteiger partial charge < -0.3 is 5.32 Å². The van der Waals surface area contributed by atoms with Crippen LogP contribution in [0.4, 0.5) is 0 Å². The van der Waals surface area contributed by atoms with Crippen LogP contribution in [0.15, 0.2) is 24.4 Å². The zero-order valence-electron chi connectivity index (χ0n) is 12.2. The Balaban J connectivity index is 1.46. The highest BCUT2D eigenvalue weighted by Crippen LogP contribution is 2.10. The van der Waals surface area contributed by atoms with Gasteiger partial charge >= 0.3 is 0 Å². The van der Waals surface area contributed by atoms with Crippen LogP contribution in [0.25, 0.3) is 5.65 Å². The minimum Gasteiger partial charge on any atom is -0.313 e. The van der Waals surface area contributed by atoms with Crippen LogP contribution >= 0.6 is 0 Å². The molecule has 1 saturated heterocycles. The predicted molar refractivity (Wildman–Crippen MR) is 83.0 cm³/mol. The first-order valence-corrected chi connectivity index (χ1v) is 7.54. The summed E-state index contributed by atoms with van der Waals surface area (Å²) in [5.74, 6) is 3.74. The summed E-state index contributed by atoms with van der Waals surface area (Å²) in [5.41, 5.74) is 0.912. The molecule has 1 fully saturated rings. The highest BCUT2D eigenvalue weighted by Gasteiger charge is 2.17. The molecule has 1 N–H and O–H groups in total. The van der Waals surface area contributed by atoms with Gasteiger partial charge in [0.25, 0.3) is 0 Å². The molecule has 21 heavy (non-hydrogen) atoms. The van der Waals surface area contributed by atoms with E-state index in [1.807, 2.05) is 24.4 Å². The third kappa shape index (κ3) is 3.41. The van der Waals surface area contributed by atoms with Crippen molar-refractivity contribution < 1.29 is 0 Å². The molecule has 2 aromatic rings. The molecule has 0 aliphatic carbocycles. The fourth-order valence-corrected chi connectivity index (χ4v) is 2.87. The number of terminal acetylenes is 1. The topological polar surface area (TPSA) is 45.5 Å². The summed E-state index contributed by atoms with van der Waals surface area (Å²) in [6, 6.07) is 6.56. The van der Waals surface area contributed by atoms with Crippen LogP contribution in [0.3, 0.4) is 0 Å². The number of likely N-dealkylation sites (tertiary alicyclic amines) is 1. The van der Waals surface area contributed by atoms with Gasteiger partial charge in [-0.15, -0.1) is 16.6 Å². The van der Waals surface area contributed by atoms with Crippen LogP contribution in [0.5, 0.6) is 0 Å². The zero-order chi connectivity index (χ0) is 14.5. The van der Waals surface area contributed by atoms with Gasteiger partial charge in [-0.05, 0) is 25.0 Å². The second-order valence-electron chi connectivity index (χ2n) is 5.50. The van der Waals surface area contributed by atoms with E-state index < -0.39 is 0 Å². The molecular formula is C16H21N5. The van der Waals surface area contributed by atoms with Crippen molar-refractivity contribution in [2.75, 3.05) is 26.2 Å². The van der Waals surface area contributed by atoms with Gasteiger partial charge in [0.15, 0.2) is 5.65 Å². The van der Waals surface area contributed by atoms with E-state index in [4.69, 9.17) is 6.42 Å². The van der Waals surface area contributed by atoms with Crippen molar-refractivity contribution in [1.82, 2.24) is 24.8 Å². The molecule has 0 saturated carbocycles. The van der Waals surface area contributed by atoms with Crippen LogP contribution in [-0.4, -0.2) is 51.7 Å². The van der Waals surface area contributed by atoms with Crippen LogP contribution in [0, 0.1) is 12.3 Å². The normalized spacial score (nSPS) is 17.1. The molecule has 0 aromatic carbocycles. The van der Waals surface area contributed by atoms with Gasteiger partial charge in [0.1, 0.15) is 5.82 Å². The van der Waals surface area contributed by atoms with Crippen LogP contribution in [-0.2, 0) is 6.42 Å². The number of rotatable bonds is 5. The minimum atomic E-state index is 0.596. The Labute approximate surface area is 125 Å². The molecule has 1 aliphatic rings. The second kappa shape index (κ2) is 6.70. The van der Waals surface area contributed by atoms with Crippen molar-refractivity contribution in [1.29, 1.82) is 0 Å². The summed E-state index contributed by atoms with van der Waals surface area (Å²) in [5, 5.41) is 12.1. The predicted octanol–water partition coefficient (Wildman–Crippen LogP) is 0.959. The van der Waals surface area contributed by atoms with E-state index in [0.717, 1.165) is 44.1 Å². The molecule has 0 radical (unpaired) electrons. The summed E-state index contributed by atoms with van der Waals surface area (Å²) in [4.78, 5) is 2.34. The number of fused-ring (bicyclic) bond motifs is 1. The molecule has 3 heterocycles. The first kappa shape index (κ1) is 14.1. The number of hydrogen-bond donors (Lipinski definition) is 1. The van der Waals surface area contributed by atoms with Gasteiger partial charge in [-0.3, -0.25) is 9.30 Å². The Morgan fingerprint density at radius 2 is 2.14 bits per heavy atom. The highest BCUT2D eigenvalue weighted by molar-refractivity contribution is 5.36. The van der Waals surface area contributed by atoms with E-state index in [-0.39, 0.29) is 0 Å². The SMILES string of the molecule is C#CCN1CCC(NCCc2nnc3ccccn23)CC1. The van der Waals surface area contributed by atoms with Crippen molar-refractivity contribution in [3.63, 3.8) is 0 Å². The maximum atomic E-state index is 5.35. The van der Waals surface area contributed by atoms with Gasteiger partial charge in [-0.25, -0.2) is 0 Å². The molecule has 0 spiro atoms. The number of pyridine rings is 1. The molecule has 0 bridgehead atoms. The van der Waals surface area contributed by atoms with Crippen LogP contribution in [0.2, 0.25) is 0 Å². The molecule has 0 atom stereocenters. The second-order valence-corrected chi connectivity index (χ2v) is 5.50. The first-order valence-electron chi connectivity index (χ1n) is 7.54. The zero-order valence-corrected chi connectivity index (χ0v) is 12.2. The summed E-state index contributed by atoms with van der Waals surface area (Å²) >= 11 is 0. The van der Waals surface area contributed by atoms with E-state index in [1.165, 1.54) is 12.8 Å². The number of nitrogens with one attached hydrogen (secondary N) is 1. The third-order valence-electron chi connectivity index (χ3n) is 4.07. The first-order chi connectivity index (χ1) is 10.4. The van der Waals surface area contributed by atoms with Gasteiger partial charge in [-0.1, -0.05) is 12.0 Å². The highest BCUT2D eigenvalue weighted by atomic mass is 15.2. The maximum Gasteiger partial charge on any atom is 0.160 e. The van der Waals surface area contributed by atoms with Crippen molar-refractivity contribution in [2.45, 2.75) is 25.3 Å². The molecule has 3 rings (SSSR count). The van der Waals surface area contributed by atoms with E-state index >= 15 is 0 Å². The van der Waals surface area contributed by atoms with E-state index in [2.05, 4.69) is 30.7 Å². The average molecular weight is 283 g/mol. The molecular weight excluding hydrogens is 262 g/mol. The Kier molecular flexibility index (Phi) is 4.49. The average Bonchev–Trinajstić information content (AvgIpc) is 2.93. The Morgan fingerprint density at radius 1 is 1.29 bits per heavy atom. The molecule has 5 heteroatoms. The third-order valence-corrected chi connectivity index (χ3v) is 4.07. The molecule has 0 amide bonds. The monoisotopic (exact) mass is 283 g/mol. The van der Waals surface area contributed by atoms with Crippen molar-refractivity contribution in [3.8, 4) is 12.3 Å². The van der Waals surface area contributed by atoms with Gasteiger partial charge in [0.05, 0.1) is 6.54 Å². The number of aromatic nitrogens is 3. The quantitative estimate of drug-likeness (QED) is 0.830. The van der Waals surface area contributed by atoms with Crippen molar-refractivity contribution in [2.24, 2.45) is 0 Å². The van der Waals surface area contributed by atoms with E-state index in [0.29, 0.717) is 6.04 Å². The molecule has 1 aliphatic heterocycles. The summed E-state index contributed by atoms with van der Waals surface area (Å²) in [6.45, 7) is 3.90. The lowest BCUT2D eigenvalue weighted by atomic mass is 10.1. The Bertz CT molecular complexity index is 619. The largest absolute Gasteiger partial charge is 0.313 e. The lowest BCUT2D eigenvalue weighted by molar-refractivity contribution is 0.218. The summed E-state index contributed by atoms with van der Waals surface area (Å²) in [6.07, 6.45) is 10.6. The molecule has 0 unspecified atom stereocenters. The Hall–Kier alpha value is -1.90. The summed E-state index contributed by atoms with van der Waals surface area (Å²) in [7, 11) is 0. The fourth-order valence-electron chi connectivity index (χ4n) is 2.87. The van der Waals surface area contributed by atoms with Gasteiger partial charge in [0, 0.05) is 38.3 Å². The molecule has 5 nitrogen and oxygen atoms in total. The standard InChI is InChI=1S/C16H21N5/c1-2-10-20-12-7-14(8-13-20)17-9-6-16-19-18-15-5-3-4-11-21(15)16/h1,3-5,11,14,17H,6-10,12-13H2. The lowest BCUT2D eigenvalue weighted by Crippen LogP contribution is -2.43. The molecule has 110 valence electrons. The van der Waals surface area contributed by atoms with Crippen LogP contribution in [0.1, 0.15) is 18.7 Å². The lowest BCUT2D eigenvalue weighted by Gasteiger charge is -2.31. The number of hydrogen-bond acceptors (Lipinski definition) is 4. The van der Waals surface area contributed by atoms with Crippen molar-refractivity contribution in [3.05, 3.63) is 30.2 Å². The van der Waals surface area contributed by atoms with Crippen LogP contribution < -0.4 is 5.32 Å². The molecule has 2 aromatic heterocycles. The fraction of sp³-hybridized carbons (Fsp3) is 0.500. The van der Waals surface area contributed by atoms with Crippen molar-refractivity contribution >= 4 is 5.65 Å². The Morgan fingerprint density at radius 3 is 2.95 bits per heavy atom. The van der Waals surface area contributed by atoms with E-state index in [1.54, 1.807) is 0 Å². The van der Waals surface area contributed by atoms with E-state index in [9.17, 15) is 0 Å². The smallest absolute Gasteiger partial charge is 0.160 e. The minimum absolute atomic E-state index is 0.596. The van der Waals surface area contributed by atoms with Gasteiger partial charge in [-0.2, -0.15) is 0 Å². The number of piperidine rings is 1. The number of nitrogens with zero attached hydrogens (tertiary/aromatic N) is 4. The maximum absolute atomic E-state index is 5.35.